The van der Waals surface area contributed by atoms with Gasteiger partial charge in [0.15, 0.2) is 5.78 Å². The second-order valence-electron chi connectivity index (χ2n) is 5.74. The van der Waals surface area contributed by atoms with Crippen LogP contribution in [0.4, 0.5) is 0 Å². The third-order valence-corrected chi connectivity index (χ3v) is 5.07. The molecule has 1 rings (SSSR count). The number of carbonyl (C=O) groups is 2. The van der Waals surface area contributed by atoms with Crippen LogP contribution in [-0.4, -0.2) is 28.9 Å². The fraction of sp³-hybridized carbons (Fsp3) is 0.529. The monoisotopic (exact) mass is 308 g/mol. The molecule has 0 amide bonds. The highest BCUT2D eigenvalue weighted by Gasteiger charge is 2.25. The van der Waals surface area contributed by atoms with Crippen LogP contribution in [0.5, 0.6) is 0 Å². The third-order valence-electron chi connectivity index (χ3n) is 4.17. The zero-order chi connectivity index (χ0) is 16.3. The molecule has 3 nitrogen and oxygen atoms in total. The van der Waals surface area contributed by atoms with Crippen LogP contribution in [0.2, 0.25) is 0 Å². The smallest absolute Gasteiger partial charge is 0.336 e. The van der Waals surface area contributed by atoms with E-state index in [0.29, 0.717) is 17.5 Å². The Hall–Kier alpha value is -1.29. The Morgan fingerprint density at radius 3 is 1.90 bits per heavy atom. The first-order valence-corrected chi connectivity index (χ1v) is 8.47. The Balaban J connectivity index is 3.40. The number of carboxylic acid groups (broad SMARTS) is 1. The zero-order valence-corrected chi connectivity index (χ0v) is 14.5. The Bertz CT molecular complexity index is 576. The van der Waals surface area contributed by atoms with Gasteiger partial charge in [-0.2, -0.15) is 11.8 Å². The SMILES string of the molecule is CSC[C@H](C)CC(=O)c1c(C)c(C)c(C)c(C)c1C(=O)O. The topological polar surface area (TPSA) is 54.4 Å². The van der Waals surface area contributed by atoms with Crippen molar-refractivity contribution in [2.75, 3.05) is 12.0 Å². The van der Waals surface area contributed by atoms with Crippen molar-refractivity contribution in [1.29, 1.82) is 0 Å². The van der Waals surface area contributed by atoms with Crippen molar-refractivity contribution in [2.45, 2.75) is 41.0 Å². The second-order valence-corrected chi connectivity index (χ2v) is 6.65. The Morgan fingerprint density at radius 1 is 1.00 bits per heavy atom. The first-order valence-electron chi connectivity index (χ1n) is 7.08. The quantitative estimate of drug-likeness (QED) is 0.801. The fourth-order valence-corrected chi connectivity index (χ4v) is 3.38. The number of benzene rings is 1. The van der Waals surface area contributed by atoms with E-state index in [1.165, 1.54) is 0 Å². The normalized spacial score (nSPS) is 12.3. The maximum Gasteiger partial charge on any atom is 0.336 e. The molecule has 4 heteroatoms. The Morgan fingerprint density at radius 2 is 1.48 bits per heavy atom. The molecule has 0 saturated heterocycles. The van der Waals surface area contributed by atoms with Gasteiger partial charge < -0.3 is 5.11 Å². The molecule has 0 fully saturated rings. The molecule has 1 aromatic rings. The van der Waals surface area contributed by atoms with Crippen LogP contribution >= 0.6 is 11.8 Å². The molecule has 116 valence electrons. The van der Waals surface area contributed by atoms with Crippen molar-refractivity contribution in [3.8, 4) is 0 Å². The average Bonchev–Trinajstić information content (AvgIpc) is 2.39. The number of rotatable bonds is 6. The lowest BCUT2D eigenvalue weighted by molar-refractivity contribution is 0.0690. The minimum atomic E-state index is -1.01. The van der Waals surface area contributed by atoms with Gasteiger partial charge in [-0.3, -0.25) is 4.79 Å². The lowest BCUT2D eigenvalue weighted by Gasteiger charge is -2.19. The highest BCUT2D eigenvalue weighted by atomic mass is 32.2. The van der Waals surface area contributed by atoms with Crippen LogP contribution in [0.25, 0.3) is 0 Å². The van der Waals surface area contributed by atoms with Crippen molar-refractivity contribution in [3.05, 3.63) is 33.4 Å². The largest absolute Gasteiger partial charge is 0.478 e. The second kappa shape index (κ2) is 7.12. The molecular weight excluding hydrogens is 284 g/mol. The summed E-state index contributed by atoms with van der Waals surface area (Å²) in [5.41, 5.74) is 4.05. The molecule has 0 aliphatic rings. The van der Waals surface area contributed by atoms with Gasteiger partial charge in [-0.25, -0.2) is 4.79 Å². The van der Waals surface area contributed by atoms with Gasteiger partial charge in [0.2, 0.25) is 0 Å². The minimum Gasteiger partial charge on any atom is -0.478 e. The lowest BCUT2D eigenvalue weighted by atomic mass is 9.85. The summed E-state index contributed by atoms with van der Waals surface area (Å²) in [5.74, 6) is 0.0736. The Labute approximate surface area is 131 Å². The van der Waals surface area contributed by atoms with Gasteiger partial charge in [0.25, 0.3) is 0 Å². The summed E-state index contributed by atoms with van der Waals surface area (Å²) in [6.07, 6.45) is 2.40. The van der Waals surface area contributed by atoms with Crippen molar-refractivity contribution in [3.63, 3.8) is 0 Å². The number of hydrogen-bond donors (Lipinski definition) is 1. The summed E-state index contributed by atoms with van der Waals surface area (Å²) in [5, 5.41) is 9.52. The molecule has 0 aromatic heterocycles. The molecule has 0 spiro atoms. The summed E-state index contributed by atoms with van der Waals surface area (Å²) in [6, 6.07) is 0. The first-order chi connectivity index (χ1) is 9.72. The van der Waals surface area contributed by atoms with Crippen LogP contribution in [0.1, 0.15) is 56.3 Å². The highest BCUT2D eigenvalue weighted by Crippen LogP contribution is 2.28. The van der Waals surface area contributed by atoms with E-state index in [9.17, 15) is 14.7 Å². The van der Waals surface area contributed by atoms with Gasteiger partial charge in [-0.15, -0.1) is 0 Å². The molecule has 0 heterocycles. The molecular formula is C17H24O3S. The van der Waals surface area contributed by atoms with Gasteiger partial charge in [0.1, 0.15) is 0 Å². The highest BCUT2D eigenvalue weighted by molar-refractivity contribution is 7.98. The van der Waals surface area contributed by atoms with E-state index in [1.54, 1.807) is 18.7 Å². The zero-order valence-electron chi connectivity index (χ0n) is 13.7. The predicted molar refractivity (Wildman–Crippen MR) is 88.8 cm³/mol. The molecule has 21 heavy (non-hydrogen) atoms. The maximum atomic E-state index is 12.6. The molecule has 0 aliphatic carbocycles. The van der Waals surface area contributed by atoms with Gasteiger partial charge in [-0.1, -0.05) is 6.92 Å². The van der Waals surface area contributed by atoms with E-state index in [1.807, 2.05) is 34.0 Å². The molecule has 1 atom stereocenters. The standard InChI is InChI=1S/C17H24O3S/c1-9(8-21-6)7-14(18)15-12(4)10(2)11(3)13(5)16(15)17(19)20/h9H,7-8H2,1-6H3,(H,19,20)/t9-/m1/s1. The average molecular weight is 308 g/mol. The Kier molecular flexibility index (Phi) is 6.02. The van der Waals surface area contributed by atoms with E-state index in [-0.39, 0.29) is 17.3 Å². The van der Waals surface area contributed by atoms with Crippen LogP contribution in [0.3, 0.4) is 0 Å². The van der Waals surface area contributed by atoms with Gasteiger partial charge >= 0.3 is 5.97 Å². The van der Waals surface area contributed by atoms with Gasteiger partial charge in [-0.05, 0) is 67.9 Å². The summed E-state index contributed by atoms with van der Waals surface area (Å²) < 4.78 is 0. The summed E-state index contributed by atoms with van der Waals surface area (Å²) >= 11 is 1.70. The number of carbonyl (C=O) groups excluding carboxylic acids is 1. The van der Waals surface area contributed by atoms with E-state index < -0.39 is 5.97 Å². The number of ketones is 1. The lowest BCUT2D eigenvalue weighted by Crippen LogP contribution is -2.17. The van der Waals surface area contributed by atoms with Gasteiger partial charge in [0, 0.05) is 12.0 Å². The minimum absolute atomic E-state index is 0.0577. The number of thioether (sulfide) groups is 1. The first kappa shape index (κ1) is 17.8. The van der Waals surface area contributed by atoms with Gasteiger partial charge in [0.05, 0.1) is 5.56 Å². The molecule has 0 radical (unpaired) electrons. The molecule has 0 unspecified atom stereocenters. The van der Waals surface area contributed by atoms with Crippen molar-refractivity contribution < 1.29 is 14.7 Å². The number of hydrogen-bond acceptors (Lipinski definition) is 3. The van der Waals surface area contributed by atoms with Crippen LogP contribution in [0.15, 0.2) is 0 Å². The molecule has 0 aliphatic heterocycles. The molecule has 1 aromatic carbocycles. The van der Waals surface area contributed by atoms with E-state index in [0.717, 1.165) is 22.4 Å². The molecule has 1 N–H and O–H groups in total. The van der Waals surface area contributed by atoms with Crippen molar-refractivity contribution >= 4 is 23.5 Å². The molecule has 0 bridgehead atoms. The third kappa shape index (κ3) is 3.67. The number of aromatic carboxylic acids is 1. The number of carboxylic acids is 1. The summed E-state index contributed by atoms with van der Waals surface area (Å²) in [7, 11) is 0. The van der Waals surface area contributed by atoms with E-state index >= 15 is 0 Å². The summed E-state index contributed by atoms with van der Waals surface area (Å²) in [4.78, 5) is 24.2. The van der Waals surface area contributed by atoms with Crippen molar-refractivity contribution in [1.82, 2.24) is 0 Å². The van der Waals surface area contributed by atoms with E-state index in [2.05, 4.69) is 0 Å². The number of Topliss-reactive ketones (excluding diaryl/α,β-unsaturated/α-hetero) is 1. The summed E-state index contributed by atoms with van der Waals surface area (Å²) in [6.45, 7) is 9.52. The van der Waals surface area contributed by atoms with Crippen LogP contribution in [-0.2, 0) is 0 Å². The maximum absolute atomic E-state index is 12.6. The molecule has 0 saturated carbocycles. The van der Waals surface area contributed by atoms with Crippen molar-refractivity contribution in [2.24, 2.45) is 5.92 Å². The van der Waals surface area contributed by atoms with E-state index in [4.69, 9.17) is 0 Å². The van der Waals surface area contributed by atoms with Crippen LogP contribution in [0, 0.1) is 33.6 Å². The predicted octanol–water partition coefficient (Wildman–Crippen LogP) is 4.19. The fourth-order valence-electron chi connectivity index (χ4n) is 2.69. The van der Waals surface area contributed by atoms with Crippen LogP contribution < -0.4 is 0 Å².